The van der Waals surface area contributed by atoms with Crippen LogP contribution in [0.4, 0.5) is 10.2 Å². The second-order valence-corrected chi connectivity index (χ2v) is 7.69. The molecule has 1 fully saturated rings. The zero-order valence-corrected chi connectivity index (χ0v) is 16.7. The van der Waals surface area contributed by atoms with Gasteiger partial charge in [0.15, 0.2) is 6.54 Å². The lowest BCUT2D eigenvalue weighted by Crippen LogP contribution is -3.27. The highest BCUT2D eigenvalue weighted by Crippen LogP contribution is 2.27. The van der Waals surface area contributed by atoms with Gasteiger partial charge in [-0.15, -0.1) is 0 Å². The SMILES string of the molecule is Cc1c(C#N)c(NC(=O)C[NH+]2CC[NH+](C)CC2)n(Cc2ccc(F)cc2)c1C. The van der Waals surface area contributed by atoms with Gasteiger partial charge in [-0.3, -0.25) is 4.79 Å². The number of piperazine rings is 1. The third-order valence-electron chi connectivity index (χ3n) is 5.67. The van der Waals surface area contributed by atoms with E-state index in [0.717, 1.165) is 43.0 Å². The van der Waals surface area contributed by atoms with Gasteiger partial charge in [-0.25, -0.2) is 4.39 Å². The van der Waals surface area contributed by atoms with Gasteiger partial charge in [-0.05, 0) is 37.1 Å². The number of halogens is 1. The Kier molecular flexibility index (Phi) is 6.12. The van der Waals surface area contributed by atoms with E-state index >= 15 is 0 Å². The van der Waals surface area contributed by atoms with E-state index < -0.39 is 0 Å². The first-order valence-electron chi connectivity index (χ1n) is 9.68. The molecular formula is C21H28FN5O+2. The summed E-state index contributed by atoms with van der Waals surface area (Å²) >= 11 is 0. The molecule has 3 rings (SSSR count). The number of benzene rings is 1. The van der Waals surface area contributed by atoms with E-state index in [4.69, 9.17) is 0 Å². The molecule has 148 valence electrons. The van der Waals surface area contributed by atoms with Crippen molar-refractivity contribution in [2.75, 3.05) is 45.1 Å². The van der Waals surface area contributed by atoms with Crippen LogP contribution in [-0.4, -0.2) is 50.2 Å². The van der Waals surface area contributed by atoms with Gasteiger partial charge < -0.3 is 19.7 Å². The second kappa shape index (κ2) is 8.55. The predicted molar refractivity (Wildman–Crippen MR) is 105 cm³/mol. The number of nitriles is 1. The fraction of sp³-hybridized carbons (Fsp3) is 0.429. The highest BCUT2D eigenvalue weighted by molar-refractivity contribution is 5.92. The Bertz CT molecular complexity index is 889. The van der Waals surface area contributed by atoms with Crippen LogP contribution in [0.15, 0.2) is 24.3 Å². The molecule has 2 aromatic rings. The molecule has 0 aliphatic carbocycles. The number of nitrogens with zero attached hydrogens (tertiary/aromatic N) is 2. The fourth-order valence-corrected chi connectivity index (χ4v) is 3.71. The van der Waals surface area contributed by atoms with Crippen LogP contribution in [0.3, 0.4) is 0 Å². The molecule has 1 aliphatic heterocycles. The van der Waals surface area contributed by atoms with Crippen molar-refractivity contribution in [3.63, 3.8) is 0 Å². The lowest BCUT2D eigenvalue weighted by Gasteiger charge is -2.26. The number of hydrogen-bond donors (Lipinski definition) is 3. The topological polar surface area (TPSA) is 66.7 Å². The number of rotatable bonds is 5. The monoisotopic (exact) mass is 385 g/mol. The highest BCUT2D eigenvalue weighted by Gasteiger charge is 2.25. The van der Waals surface area contributed by atoms with E-state index in [-0.39, 0.29) is 11.7 Å². The number of aromatic nitrogens is 1. The number of amides is 1. The third kappa shape index (κ3) is 4.41. The van der Waals surface area contributed by atoms with Crippen molar-refractivity contribution in [3.8, 4) is 6.07 Å². The predicted octanol–water partition coefficient (Wildman–Crippen LogP) is -0.484. The van der Waals surface area contributed by atoms with Gasteiger partial charge >= 0.3 is 0 Å². The van der Waals surface area contributed by atoms with Crippen molar-refractivity contribution in [2.24, 2.45) is 0 Å². The fourth-order valence-electron chi connectivity index (χ4n) is 3.71. The number of carbonyl (C=O) groups is 1. The standard InChI is InChI=1S/C21H26FN5O/c1-15-16(2)27(13-17-4-6-18(22)7-5-17)21(19(15)12-23)24-20(28)14-26-10-8-25(3)9-11-26/h4-7H,8-11,13-14H2,1-3H3,(H,24,28)/p+2. The summed E-state index contributed by atoms with van der Waals surface area (Å²) in [4.78, 5) is 15.5. The van der Waals surface area contributed by atoms with Gasteiger partial charge in [0.25, 0.3) is 5.91 Å². The van der Waals surface area contributed by atoms with E-state index in [1.54, 1.807) is 12.1 Å². The van der Waals surface area contributed by atoms with E-state index in [9.17, 15) is 14.4 Å². The number of nitrogens with one attached hydrogen (secondary N) is 3. The van der Waals surface area contributed by atoms with Crippen LogP contribution >= 0.6 is 0 Å². The molecule has 1 aromatic heterocycles. The summed E-state index contributed by atoms with van der Waals surface area (Å²) in [5, 5.41) is 12.6. The Morgan fingerprint density at radius 3 is 2.46 bits per heavy atom. The first kappa shape index (κ1) is 20.1. The Labute approximate surface area is 165 Å². The van der Waals surface area contributed by atoms with Crippen LogP contribution in [0.5, 0.6) is 0 Å². The molecule has 1 aromatic carbocycles. The van der Waals surface area contributed by atoms with E-state index in [1.165, 1.54) is 21.9 Å². The van der Waals surface area contributed by atoms with Crippen molar-refractivity contribution in [1.82, 2.24) is 4.57 Å². The molecule has 0 bridgehead atoms. The average Bonchev–Trinajstić information content (AvgIpc) is 2.89. The quantitative estimate of drug-likeness (QED) is 0.651. The maximum Gasteiger partial charge on any atom is 0.280 e. The zero-order valence-electron chi connectivity index (χ0n) is 16.7. The molecular weight excluding hydrogens is 357 g/mol. The summed E-state index contributed by atoms with van der Waals surface area (Å²) < 4.78 is 15.1. The zero-order chi connectivity index (χ0) is 20.3. The van der Waals surface area contributed by atoms with Crippen LogP contribution < -0.4 is 15.1 Å². The summed E-state index contributed by atoms with van der Waals surface area (Å²) in [6.45, 7) is 8.75. The lowest BCUT2D eigenvalue weighted by atomic mass is 10.2. The van der Waals surface area contributed by atoms with Crippen LogP contribution in [0.2, 0.25) is 0 Å². The lowest BCUT2D eigenvalue weighted by molar-refractivity contribution is -0.999. The first-order chi connectivity index (χ1) is 13.4. The minimum Gasteiger partial charge on any atom is -0.328 e. The molecule has 2 heterocycles. The average molecular weight is 385 g/mol. The highest BCUT2D eigenvalue weighted by atomic mass is 19.1. The van der Waals surface area contributed by atoms with Crippen LogP contribution in [-0.2, 0) is 11.3 Å². The Balaban J connectivity index is 1.80. The molecule has 3 N–H and O–H groups in total. The minimum absolute atomic E-state index is 0.0797. The smallest absolute Gasteiger partial charge is 0.280 e. The number of quaternary nitrogens is 2. The minimum atomic E-state index is -0.285. The van der Waals surface area contributed by atoms with Crippen molar-refractivity contribution < 1.29 is 19.0 Å². The van der Waals surface area contributed by atoms with Gasteiger partial charge in [0.05, 0.1) is 12.6 Å². The maximum absolute atomic E-state index is 13.2. The summed E-state index contributed by atoms with van der Waals surface area (Å²) in [6.07, 6.45) is 0. The van der Waals surface area contributed by atoms with Gasteiger partial charge in [0, 0.05) is 12.2 Å². The van der Waals surface area contributed by atoms with Gasteiger partial charge in [-0.2, -0.15) is 5.26 Å². The van der Waals surface area contributed by atoms with E-state index in [1.807, 2.05) is 18.4 Å². The first-order valence-corrected chi connectivity index (χ1v) is 9.68. The third-order valence-corrected chi connectivity index (χ3v) is 5.67. The number of carbonyl (C=O) groups excluding carboxylic acids is 1. The van der Waals surface area contributed by atoms with Gasteiger partial charge in [-0.1, -0.05) is 12.1 Å². The molecule has 7 heteroatoms. The Morgan fingerprint density at radius 2 is 1.86 bits per heavy atom. The van der Waals surface area contributed by atoms with Crippen molar-refractivity contribution >= 4 is 11.7 Å². The van der Waals surface area contributed by atoms with Crippen molar-refractivity contribution in [2.45, 2.75) is 20.4 Å². The molecule has 0 atom stereocenters. The van der Waals surface area contributed by atoms with Crippen molar-refractivity contribution in [3.05, 3.63) is 52.5 Å². The summed E-state index contributed by atoms with van der Waals surface area (Å²) in [7, 11) is 2.17. The van der Waals surface area contributed by atoms with E-state index in [0.29, 0.717) is 24.5 Å². The largest absolute Gasteiger partial charge is 0.328 e. The van der Waals surface area contributed by atoms with Gasteiger partial charge in [0.1, 0.15) is 43.9 Å². The second-order valence-electron chi connectivity index (χ2n) is 7.69. The van der Waals surface area contributed by atoms with E-state index in [2.05, 4.69) is 18.4 Å². The molecule has 0 unspecified atom stereocenters. The maximum atomic E-state index is 13.2. The van der Waals surface area contributed by atoms with Crippen molar-refractivity contribution in [1.29, 1.82) is 5.26 Å². The number of likely N-dealkylation sites (N-methyl/N-ethyl adjacent to an activating group) is 1. The molecule has 0 saturated carbocycles. The molecule has 1 saturated heterocycles. The number of hydrogen-bond acceptors (Lipinski definition) is 2. The summed E-state index contributed by atoms with van der Waals surface area (Å²) in [6, 6.07) is 8.51. The molecule has 1 amide bonds. The Hall–Kier alpha value is -2.69. The number of anilines is 1. The molecule has 6 nitrogen and oxygen atoms in total. The molecule has 1 aliphatic rings. The molecule has 28 heavy (non-hydrogen) atoms. The van der Waals surface area contributed by atoms with Crippen LogP contribution in [0, 0.1) is 31.0 Å². The molecule has 0 radical (unpaired) electrons. The molecule has 0 spiro atoms. The summed E-state index contributed by atoms with van der Waals surface area (Å²) in [5.74, 6) is 0.169. The normalized spacial score (nSPS) is 19.2. The van der Waals surface area contributed by atoms with Gasteiger partial charge in [0.2, 0.25) is 0 Å². The Morgan fingerprint density at radius 1 is 1.21 bits per heavy atom. The van der Waals surface area contributed by atoms with Crippen LogP contribution in [0.25, 0.3) is 0 Å². The summed E-state index contributed by atoms with van der Waals surface area (Å²) in [5.41, 5.74) is 3.18. The van der Waals surface area contributed by atoms with Crippen LogP contribution in [0.1, 0.15) is 22.4 Å².